The predicted octanol–water partition coefficient (Wildman–Crippen LogP) is 2.06. The average Bonchev–Trinajstić information content (AvgIpc) is 2.45. The number of carbonyl (C=O) groups is 1. The molecule has 0 radical (unpaired) electrons. The van der Waals surface area contributed by atoms with Crippen molar-refractivity contribution in [3.8, 4) is 0 Å². The van der Waals surface area contributed by atoms with Crippen LogP contribution in [-0.4, -0.2) is 24.1 Å². The first-order valence-electron chi connectivity index (χ1n) is 6.35. The van der Waals surface area contributed by atoms with E-state index in [0.717, 1.165) is 16.5 Å². The molecule has 0 saturated carbocycles. The van der Waals surface area contributed by atoms with Crippen LogP contribution < -0.4 is 5.73 Å². The largest absolute Gasteiger partial charge is 0.469 e. The SMILES string of the molecule is COC(=O)CCC(N)Cc1cccc2cccnc12. The van der Waals surface area contributed by atoms with Gasteiger partial charge < -0.3 is 10.5 Å². The molecule has 0 amide bonds. The van der Waals surface area contributed by atoms with Gasteiger partial charge in [0, 0.05) is 24.0 Å². The molecule has 0 spiro atoms. The Balaban J connectivity index is 2.06. The van der Waals surface area contributed by atoms with E-state index in [1.165, 1.54) is 7.11 Å². The molecule has 19 heavy (non-hydrogen) atoms. The van der Waals surface area contributed by atoms with E-state index in [0.29, 0.717) is 19.3 Å². The summed E-state index contributed by atoms with van der Waals surface area (Å²) in [7, 11) is 1.39. The topological polar surface area (TPSA) is 65.2 Å². The normalized spacial score (nSPS) is 12.3. The summed E-state index contributed by atoms with van der Waals surface area (Å²) < 4.78 is 4.61. The summed E-state index contributed by atoms with van der Waals surface area (Å²) in [6.07, 6.45) is 3.48. The third-order valence-corrected chi connectivity index (χ3v) is 3.15. The fourth-order valence-corrected chi connectivity index (χ4v) is 2.12. The molecule has 0 bridgehead atoms. The van der Waals surface area contributed by atoms with Gasteiger partial charge in [0.05, 0.1) is 12.6 Å². The molecule has 2 N–H and O–H groups in total. The van der Waals surface area contributed by atoms with Gasteiger partial charge in [0.2, 0.25) is 0 Å². The van der Waals surface area contributed by atoms with Crippen molar-refractivity contribution >= 4 is 16.9 Å². The van der Waals surface area contributed by atoms with Crippen LogP contribution >= 0.6 is 0 Å². The number of ether oxygens (including phenoxy) is 1. The number of nitrogens with two attached hydrogens (primary N) is 1. The first-order chi connectivity index (χ1) is 9.20. The molecular formula is C15H18N2O2. The van der Waals surface area contributed by atoms with Gasteiger partial charge in [-0.15, -0.1) is 0 Å². The summed E-state index contributed by atoms with van der Waals surface area (Å²) >= 11 is 0. The second kappa shape index (κ2) is 6.29. The van der Waals surface area contributed by atoms with Gasteiger partial charge in [-0.05, 0) is 24.5 Å². The third kappa shape index (κ3) is 3.51. The maximum Gasteiger partial charge on any atom is 0.305 e. The highest BCUT2D eigenvalue weighted by Crippen LogP contribution is 2.17. The highest BCUT2D eigenvalue weighted by molar-refractivity contribution is 5.81. The van der Waals surface area contributed by atoms with Crippen molar-refractivity contribution in [1.29, 1.82) is 0 Å². The quantitative estimate of drug-likeness (QED) is 0.834. The number of hydrogen-bond donors (Lipinski definition) is 1. The van der Waals surface area contributed by atoms with Crippen LogP contribution in [0.15, 0.2) is 36.5 Å². The molecule has 1 aromatic carbocycles. The summed E-state index contributed by atoms with van der Waals surface area (Å²) in [5, 5.41) is 1.11. The van der Waals surface area contributed by atoms with Crippen molar-refractivity contribution in [2.45, 2.75) is 25.3 Å². The zero-order valence-corrected chi connectivity index (χ0v) is 11.0. The number of methoxy groups -OCH3 is 1. The monoisotopic (exact) mass is 258 g/mol. The van der Waals surface area contributed by atoms with Gasteiger partial charge in [-0.1, -0.05) is 24.3 Å². The number of esters is 1. The maximum atomic E-state index is 11.1. The van der Waals surface area contributed by atoms with Crippen molar-refractivity contribution in [3.63, 3.8) is 0 Å². The Labute approximate surface area is 112 Å². The number of hydrogen-bond acceptors (Lipinski definition) is 4. The van der Waals surface area contributed by atoms with Crippen molar-refractivity contribution < 1.29 is 9.53 Å². The van der Waals surface area contributed by atoms with Crippen molar-refractivity contribution in [2.24, 2.45) is 5.73 Å². The highest BCUT2D eigenvalue weighted by Gasteiger charge is 2.10. The number of benzene rings is 1. The summed E-state index contributed by atoms with van der Waals surface area (Å²) in [6.45, 7) is 0. The van der Waals surface area contributed by atoms with E-state index in [9.17, 15) is 4.79 Å². The van der Waals surface area contributed by atoms with Crippen LogP contribution in [-0.2, 0) is 16.0 Å². The lowest BCUT2D eigenvalue weighted by molar-refractivity contribution is -0.140. The van der Waals surface area contributed by atoms with Gasteiger partial charge in [0.15, 0.2) is 0 Å². The van der Waals surface area contributed by atoms with E-state index in [1.54, 1.807) is 6.20 Å². The smallest absolute Gasteiger partial charge is 0.305 e. The van der Waals surface area contributed by atoms with E-state index in [-0.39, 0.29) is 12.0 Å². The lowest BCUT2D eigenvalue weighted by Crippen LogP contribution is -2.24. The van der Waals surface area contributed by atoms with Gasteiger partial charge in [-0.3, -0.25) is 9.78 Å². The summed E-state index contributed by atoms with van der Waals surface area (Å²) in [6, 6.07) is 9.97. The van der Waals surface area contributed by atoms with Crippen LogP contribution in [0.4, 0.5) is 0 Å². The molecule has 4 nitrogen and oxygen atoms in total. The number of para-hydroxylation sites is 1. The van der Waals surface area contributed by atoms with Gasteiger partial charge >= 0.3 is 5.97 Å². The van der Waals surface area contributed by atoms with Gasteiger partial charge in [-0.25, -0.2) is 0 Å². The van der Waals surface area contributed by atoms with Gasteiger partial charge in [0.25, 0.3) is 0 Å². The fraction of sp³-hybridized carbons (Fsp3) is 0.333. The van der Waals surface area contributed by atoms with Crippen LogP contribution in [0, 0.1) is 0 Å². The van der Waals surface area contributed by atoms with Crippen LogP contribution in [0.5, 0.6) is 0 Å². The molecule has 0 aliphatic rings. The lowest BCUT2D eigenvalue weighted by atomic mass is 10.00. The molecule has 0 saturated heterocycles. The van der Waals surface area contributed by atoms with E-state index >= 15 is 0 Å². The van der Waals surface area contributed by atoms with Gasteiger partial charge in [-0.2, -0.15) is 0 Å². The van der Waals surface area contributed by atoms with Crippen LogP contribution in [0.25, 0.3) is 10.9 Å². The number of rotatable bonds is 5. The molecule has 2 aromatic rings. The Morgan fingerprint density at radius 2 is 2.16 bits per heavy atom. The zero-order valence-electron chi connectivity index (χ0n) is 11.0. The van der Waals surface area contributed by atoms with Crippen molar-refractivity contribution in [3.05, 3.63) is 42.1 Å². The summed E-state index contributed by atoms with van der Waals surface area (Å²) in [4.78, 5) is 15.5. The number of nitrogens with zero attached hydrogens (tertiary/aromatic N) is 1. The molecule has 1 atom stereocenters. The van der Waals surface area contributed by atoms with Crippen LogP contribution in [0.2, 0.25) is 0 Å². The first-order valence-corrected chi connectivity index (χ1v) is 6.35. The van der Waals surface area contributed by atoms with Crippen molar-refractivity contribution in [1.82, 2.24) is 4.98 Å². The molecule has 2 rings (SSSR count). The molecule has 0 aliphatic carbocycles. The van der Waals surface area contributed by atoms with E-state index in [2.05, 4.69) is 9.72 Å². The second-order valence-electron chi connectivity index (χ2n) is 4.57. The Morgan fingerprint density at radius 1 is 1.37 bits per heavy atom. The number of carbonyl (C=O) groups excluding carboxylic acids is 1. The molecule has 1 heterocycles. The average molecular weight is 258 g/mol. The Bertz CT molecular complexity index is 564. The minimum atomic E-state index is -0.216. The summed E-state index contributed by atoms with van der Waals surface area (Å²) in [5.74, 6) is -0.216. The second-order valence-corrected chi connectivity index (χ2v) is 4.57. The van der Waals surface area contributed by atoms with Gasteiger partial charge in [0.1, 0.15) is 0 Å². The Morgan fingerprint density at radius 3 is 2.95 bits per heavy atom. The molecule has 0 fully saturated rings. The molecule has 1 unspecified atom stereocenters. The Kier molecular flexibility index (Phi) is 4.47. The maximum absolute atomic E-state index is 11.1. The molecule has 0 aliphatic heterocycles. The number of aromatic nitrogens is 1. The van der Waals surface area contributed by atoms with Crippen LogP contribution in [0.1, 0.15) is 18.4 Å². The lowest BCUT2D eigenvalue weighted by Gasteiger charge is -2.12. The Hall–Kier alpha value is -1.94. The van der Waals surface area contributed by atoms with E-state index < -0.39 is 0 Å². The molecule has 1 aromatic heterocycles. The molecule has 4 heteroatoms. The summed E-state index contributed by atoms with van der Waals surface area (Å²) in [5.41, 5.74) is 8.17. The predicted molar refractivity (Wildman–Crippen MR) is 74.7 cm³/mol. The highest BCUT2D eigenvalue weighted by atomic mass is 16.5. The minimum absolute atomic E-state index is 0.0632. The first kappa shape index (κ1) is 13.5. The standard InChI is InChI=1S/C15H18N2O2/c1-19-14(18)8-7-13(16)10-12-5-2-4-11-6-3-9-17-15(11)12/h2-6,9,13H,7-8,10,16H2,1H3. The number of fused-ring (bicyclic) bond motifs is 1. The fourth-order valence-electron chi connectivity index (χ4n) is 2.12. The van der Waals surface area contributed by atoms with E-state index in [1.807, 2.05) is 30.3 Å². The molecular weight excluding hydrogens is 240 g/mol. The number of pyridine rings is 1. The minimum Gasteiger partial charge on any atom is -0.469 e. The third-order valence-electron chi connectivity index (χ3n) is 3.15. The van der Waals surface area contributed by atoms with E-state index in [4.69, 9.17) is 5.73 Å². The van der Waals surface area contributed by atoms with Crippen molar-refractivity contribution in [2.75, 3.05) is 7.11 Å². The molecule has 100 valence electrons. The zero-order chi connectivity index (χ0) is 13.7. The van der Waals surface area contributed by atoms with Crippen LogP contribution in [0.3, 0.4) is 0 Å².